The van der Waals surface area contributed by atoms with E-state index in [-0.39, 0.29) is 6.10 Å². The number of fused-ring (bicyclic) bond motifs is 1. The second kappa shape index (κ2) is 5.66. The number of halogens is 1. The summed E-state index contributed by atoms with van der Waals surface area (Å²) in [5.74, 6) is 1.29. The Morgan fingerprint density at radius 1 is 1.40 bits per heavy atom. The Kier molecular flexibility index (Phi) is 3.89. The van der Waals surface area contributed by atoms with Crippen LogP contribution in [0.25, 0.3) is 10.9 Å². The van der Waals surface area contributed by atoms with Crippen LogP contribution in [0.3, 0.4) is 0 Å². The number of anilines is 1. The number of hydrogen-bond acceptors (Lipinski definition) is 4. The summed E-state index contributed by atoms with van der Waals surface area (Å²) in [6.07, 6.45) is 3.53. The third kappa shape index (κ3) is 2.65. The van der Waals surface area contributed by atoms with Crippen LogP contribution in [-0.2, 0) is 0 Å². The minimum Gasteiger partial charge on any atom is -0.393 e. The van der Waals surface area contributed by atoms with Crippen molar-refractivity contribution in [3.05, 3.63) is 29.0 Å². The molecule has 0 bridgehead atoms. The van der Waals surface area contributed by atoms with Crippen molar-refractivity contribution in [3.63, 3.8) is 0 Å². The van der Waals surface area contributed by atoms with E-state index >= 15 is 0 Å². The smallest absolute Gasteiger partial charge is 0.139 e. The molecule has 106 valence electrons. The van der Waals surface area contributed by atoms with Gasteiger partial charge < -0.3 is 10.0 Å². The molecule has 1 N–H and O–H groups in total. The average Bonchev–Trinajstić information content (AvgIpc) is 2.46. The Balaban J connectivity index is 1.99. The van der Waals surface area contributed by atoms with Crippen molar-refractivity contribution in [2.45, 2.75) is 25.9 Å². The highest BCUT2D eigenvalue weighted by Gasteiger charge is 2.25. The molecule has 1 aliphatic rings. The van der Waals surface area contributed by atoms with Crippen molar-refractivity contribution >= 4 is 32.7 Å². The van der Waals surface area contributed by atoms with E-state index in [0.29, 0.717) is 5.92 Å². The van der Waals surface area contributed by atoms with Crippen LogP contribution in [0.15, 0.2) is 29.0 Å². The summed E-state index contributed by atoms with van der Waals surface area (Å²) in [4.78, 5) is 11.1. The molecule has 1 aromatic heterocycles. The molecule has 5 heteroatoms. The van der Waals surface area contributed by atoms with Gasteiger partial charge in [-0.25, -0.2) is 9.97 Å². The van der Waals surface area contributed by atoms with Crippen molar-refractivity contribution in [2.24, 2.45) is 5.92 Å². The fraction of sp³-hybridized carbons (Fsp3) is 0.467. The summed E-state index contributed by atoms with van der Waals surface area (Å²) in [6.45, 7) is 3.72. The second-order valence-corrected chi connectivity index (χ2v) is 6.36. The van der Waals surface area contributed by atoms with Gasteiger partial charge in [-0.15, -0.1) is 0 Å². The SMILES string of the molecule is CC(O)C1CCCN(c2ncnc3ccc(Br)cc23)C1. The number of benzene rings is 1. The summed E-state index contributed by atoms with van der Waals surface area (Å²) in [5, 5.41) is 10.9. The number of aliphatic hydroxyl groups excluding tert-OH is 1. The maximum absolute atomic E-state index is 9.83. The molecule has 1 saturated heterocycles. The van der Waals surface area contributed by atoms with Gasteiger partial charge in [-0.2, -0.15) is 0 Å². The van der Waals surface area contributed by atoms with Gasteiger partial charge in [0, 0.05) is 28.9 Å². The first-order valence-electron chi connectivity index (χ1n) is 6.98. The molecule has 0 aliphatic carbocycles. The number of rotatable bonds is 2. The van der Waals surface area contributed by atoms with Crippen molar-refractivity contribution in [3.8, 4) is 0 Å². The standard InChI is InChI=1S/C15H18BrN3O/c1-10(20)11-3-2-6-19(8-11)15-13-7-12(16)4-5-14(13)17-9-18-15/h4-5,7,9-11,20H,2-3,6,8H2,1H3. The number of aliphatic hydroxyl groups is 1. The van der Waals surface area contributed by atoms with E-state index in [2.05, 4.69) is 36.9 Å². The molecule has 0 amide bonds. The minimum atomic E-state index is -0.266. The molecule has 4 nitrogen and oxygen atoms in total. The molecule has 0 spiro atoms. The molecule has 0 radical (unpaired) electrons. The van der Waals surface area contributed by atoms with Gasteiger partial charge in [0.1, 0.15) is 12.1 Å². The lowest BCUT2D eigenvalue weighted by Crippen LogP contribution is -2.40. The van der Waals surface area contributed by atoms with Crippen LogP contribution < -0.4 is 4.90 Å². The lowest BCUT2D eigenvalue weighted by molar-refractivity contribution is 0.115. The van der Waals surface area contributed by atoms with Gasteiger partial charge in [0.05, 0.1) is 11.6 Å². The zero-order valence-corrected chi connectivity index (χ0v) is 13.0. The van der Waals surface area contributed by atoms with Gasteiger partial charge in [-0.1, -0.05) is 15.9 Å². The Morgan fingerprint density at radius 3 is 3.05 bits per heavy atom. The maximum Gasteiger partial charge on any atom is 0.139 e. The lowest BCUT2D eigenvalue weighted by Gasteiger charge is -2.35. The monoisotopic (exact) mass is 335 g/mol. The van der Waals surface area contributed by atoms with Gasteiger partial charge in [0.2, 0.25) is 0 Å². The van der Waals surface area contributed by atoms with Gasteiger partial charge >= 0.3 is 0 Å². The molecule has 0 saturated carbocycles. The molecule has 20 heavy (non-hydrogen) atoms. The van der Waals surface area contributed by atoms with Crippen LogP contribution in [-0.4, -0.2) is 34.3 Å². The fourth-order valence-electron chi connectivity index (χ4n) is 2.86. The first-order valence-corrected chi connectivity index (χ1v) is 7.78. The van der Waals surface area contributed by atoms with E-state index in [4.69, 9.17) is 0 Å². The van der Waals surface area contributed by atoms with Gasteiger partial charge in [-0.05, 0) is 38.0 Å². The molecule has 2 heterocycles. The molecule has 2 atom stereocenters. The van der Waals surface area contributed by atoms with Crippen molar-refractivity contribution in [2.75, 3.05) is 18.0 Å². The summed E-state index contributed by atoms with van der Waals surface area (Å²) in [6, 6.07) is 6.06. The third-order valence-corrected chi connectivity index (χ3v) is 4.51. The largest absolute Gasteiger partial charge is 0.393 e. The lowest BCUT2D eigenvalue weighted by atomic mass is 9.93. The highest BCUT2D eigenvalue weighted by atomic mass is 79.9. The minimum absolute atomic E-state index is 0.266. The average molecular weight is 336 g/mol. The summed E-state index contributed by atoms with van der Waals surface area (Å²) >= 11 is 3.51. The summed E-state index contributed by atoms with van der Waals surface area (Å²) < 4.78 is 1.03. The first kappa shape index (κ1) is 13.8. The molecule has 1 fully saturated rings. The molecule has 2 aromatic rings. The quantitative estimate of drug-likeness (QED) is 0.916. The predicted molar refractivity (Wildman–Crippen MR) is 83.9 cm³/mol. The molecule has 3 rings (SSSR count). The molecule has 1 aromatic carbocycles. The van der Waals surface area contributed by atoms with Crippen LogP contribution >= 0.6 is 15.9 Å². The van der Waals surface area contributed by atoms with Gasteiger partial charge in [0.15, 0.2) is 0 Å². The Morgan fingerprint density at radius 2 is 2.25 bits per heavy atom. The Labute approximate surface area is 127 Å². The predicted octanol–water partition coefficient (Wildman–Crippen LogP) is 2.99. The van der Waals surface area contributed by atoms with Gasteiger partial charge in [0.25, 0.3) is 0 Å². The third-order valence-electron chi connectivity index (χ3n) is 4.02. The number of piperidine rings is 1. The van der Waals surface area contributed by atoms with Crippen LogP contribution in [0.2, 0.25) is 0 Å². The molecule has 2 unspecified atom stereocenters. The van der Waals surface area contributed by atoms with Crippen molar-refractivity contribution in [1.29, 1.82) is 0 Å². The molecular formula is C15H18BrN3O. The van der Waals surface area contributed by atoms with E-state index in [1.807, 2.05) is 19.1 Å². The summed E-state index contributed by atoms with van der Waals surface area (Å²) in [7, 11) is 0. The van der Waals surface area contributed by atoms with E-state index in [1.165, 1.54) is 0 Å². The zero-order valence-electron chi connectivity index (χ0n) is 11.5. The van der Waals surface area contributed by atoms with E-state index in [9.17, 15) is 5.11 Å². The Hall–Kier alpha value is -1.20. The Bertz CT molecular complexity index is 617. The first-order chi connectivity index (χ1) is 9.65. The fourth-order valence-corrected chi connectivity index (χ4v) is 3.22. The van der Waals surface area contributed by atoms with Crippen molar-refractivity contribution in [1.82, 2.24) is 9.97 Å². The van der Waals surface area contributed by atoms with E-state index in [0.717, 1.165) is 47.1 Å². The zero-order chi connectivity index (χ0) is 14.1. The van der Waals surface area contributed by atoms with E-state index in [1.54, 1.807) is 6.33 Å². The normalized spacial score (nSPS) is 21.1. The van der Waals surface area contributed by atoms with Crippen LogP contribution in [0.4, 0.5) is 5.82 Å². The number of hydrogen-bond donors (Lipinski definition) is 1. The van der Waals surface area contributed by atoms with Crippen LogP contribution in [0.1, 0.15) is 19.8 Å². The van der Waals surface area contributed by atoms with Crippen LogP contribution in [0.5, 0.6) is 0 Å². The summed E-state index contributed by atoms with van der Waals surface area (Å²) in [5.41, 5.74) is 0.956. The van der Waals surface area contributed by atoms with Crippen molar-refractivity contribution < 1.29 is 5.11 Å². The highest BCUT2D eigenvalue weighted by molar-refractivity contribution is 9.10. The maximum atomic E-state index is 9.83. The number of nitrogens with zero attached hydrogens (tertiary/aromatic N) is 3. The van der Waals surface area contributed by atoms with Gasteiger partial charge in [-0.3, -0.25) is 0 Å². The number of aromatic nitrogens is 2. The van der Waals surface area contributed by atoms with Crippen LogP contribution in [0, 0.1) is 5.92 Å². The second-order valence-electron chi connectivity index (χ2n) is 5.45. The van der Waals surface area contributed by atoms with E-state index < -0.39 is 0 Å². The molecule has 1 aliphatic heterocycles. The topological polar surface area (TPSA) is 49.2 Å². The highest BCUT2D eigenvalue weighted by Crippen LogP contribution is 2.30. The molecular weight excluding hydrogens is 318 g/mol.